The van der Waals surface area contributed by atoms with Crippen molar-refractivity contribution in [1.29, 1.82) is 0 Å². The number of nitrogens with one attached hydrogen (secondary N) is 1. The van der Waals surface area contributed by atoms with Crippen LogP contribution in [0.25, 0.3) is 11.1 Å². The fourth-order valence-corrected chi connectivity index (χ4v) is 8.20. The van der Waals surface area contributed by atoms with Crippen molar-refractivity contribution in [2.45, 2.75) is 62.5 Å². The zero-order valence-corrected chi connectivity index (χ0v) is 32.0. The average Bonchev–Trinajstić information content (AvgIpc) is 3.50. The summed E-state index contributed by atoms with van der Waals surface area (Å²) in [4.78, 5) is 52.2. The van der Waals surface area contributed by atoms with E-state index < -0.39 is 30.3 Å². The molecule has 12 heteroatoms. The minimum atomic E-state index is -0.998. The van der Waals surface area contributed by atoms with Crippen LogP contribution in [-0.2, 0) is 43.6 Å². The highest BCUT2D eigenvalue weighted by Gasteiger charge is 2.40. The predicted molar refractivity (Wildman–Crippen MR) is 213 cm³/mol. The number of carbonyl (C=O) groups excluding carboxylic acids is 3. The summed E-state index contributed by atoms with van der Waals surface area (Å²) >= 11 is 1.44. The van der Waals surface area contributed by atoms with Crippen molar-refractivity contribution in [2.75, 3.05) is 5.75 Å². The number of hydrogen-bond donors (Lipinski definition) is 3. The number of thioether (sulfide) groups is 1. The summed E-state index contributed by atoms with van der Waals surface area (Å²) in [6, 6.07) is 38.2. The van der Waals surface area contributed by atoms with Gasteiger partial charge in [-0.25, -0.2) is 9.59 Å². The lowest BCUT2D eigenvalue weighted by molar-refractivity contribution is -0.268. The molecule has 5 aromatic carbocycles. The van der Waals surface area contributed by atoms with Gasteiger partial charge in [-0.1, -0.05) is 116 Å². The van der Waals surface area contributed by atoms with E-state index in [0.29, 0.717) is 10.6 Å². The molecule has 3 N–H and O–H groups in total. The summed E-state index contributed by atoms with van der Waals surface area (Å²) in [5.41, 5.74) is 6.12. The molecule has 3 amide bonds. The Morgan fingerprint density at radius 3 is 2.25 bits per heavy atom. The molecule has 2 saturated heterocycles. The molecule has 11 nitrogen and oxygen atoms in total. The van der Waals surface area contributed by atoms with Gasteiger partial charge in [0, 0.05) is 22.1 Å². The van der Waals surface area contributed by atoms with Crippen LogP contribution in [0.3, 0.4) is 0 Å². The molecular weight excluding hydrogens is 745 g/mol. The maximum Gasteiger partial charge on any atom is 0.408 e. The number of benzene rings is 5. The Morgan fingerprint density at radius 2 is 1.51 bits per heavy atom. The number of carbonyl (C=O) groups is 4. The highest BCUT2D eigenvalue weighted by atomic mass is 32.2. The number of alkyl carbamates (subject to hydrolysis) is 1. The molecule has 0 aromatic heterocycles. The molecule has 2 fully saturated rings. The second kappa shape index (κ2) is 18.0. The smallest absolute Gasteiger partial charge is 0.408 e. The topological polar surface area (TPSA) is 152 Å². The van der Waals surface area contributed by atoms with Gasteiger partial charge in [-0.15, -0.1) is 11.8 Å². The molecular formula is C45H42N2O9S. The van der Waals surface area contributed by atoms with Gasteiger partial charge in [0.15, 0.2) is 6.29 Å². The van der Waals surface area contributed by atoms with Crippen LogP contribution in [0, 0.1) is 5.92 Å². The number of aliphatic hydroxyl groups excluding tert-OH is 1. The lowest BCUT2D eigenvalue weighted by Crippen LogP contribution is -2.41. The van der Waals surface area contributed by atoms with Crippen molar-refractivity contribution in [3.05, 3.63) is 161 Å². The van der Waals surface area contributed by atoms with E-state index >= 15 is 0 Å². The van der Waals surface area contributed by atoms with Crippen molar-refractivity contribution < 1.29 is 43.6 Å². The Labute approximate surface area is 334 Å². The van der Waals surface area contributed by atoms with Crippen molar-refractivity contribution in [3.63, 3.8) is 0 Å². The standard InChI is InChI=1S/C45H42N2O9S/c1-28-38(27-57-39-13-6-5-12-36(39)43(51)52)55-44(56-41(28)33-16-14-29(25-48)15-17-33)34-20-18-32(19-21-34)35-11-7-10-31(22-35)24-47-40(49)23-37(42(47)50)46-45(53)54-26-30-8-3-2-4-9-30/h2-22,28,37-38,41,44,48H,23-27H2,1H3,(H,46,53)(H,51,52)/t28-,37?,38+,41+,44+/m0/s1. The third-order valence-electron chi connectivity index (χ3n) is 10.2. The van der Waals surface area contributed by atoms with Gasteiger partial charge in [0.05, 0.1) is 37.3 Å². The fraction of sp³-hybridized carbons (Fsp3) is 0.244. The number of ether oxygens (including phenoxy) is 3. The molecule has 292 valence electrons. The van der Waals surface area contributed by atoms with Crippen LogP contribution in [0.4, 0.5) is 4.79 Å². The summed E-state index contributed by atoms with van der Waals surface area (Å²) in [6.45, 7) is 2.10. The van der Waals surface area contributed by atoms with Crippen LogP contribution in [-0.4, -0.2) is 56.9 Å². The minimum absolute atomic E-state index is 0.0469. The van der Waals surface area contributed by atoms with Gasteiger partial charge in [0.2, 0.25) is 5.91 Å². The summed E-state index contributed by atoms with van der Waals surface area (Å²) < 4.78 is 18.5. The molecule has 0 bridgehead atoms. The SMILES string of the molecule is C[C@H]1[C@@H](CSc2ccccc2C(=O)O)O[C@@H](c2ccc(-c3cccc(CN4C(=O)CC(NC(=O)OCc5ccccc5)C4=O)c3)cc2)O[C@H]1c1ccc(CO)cc1. The minimum Gasteiger partial charge on any atom is -0.478 e. The number of aliphatic hydroxyl groups is 1. The number of aromatic carboxylic acids is 1. The quantitative estimate of drug-likeness (QED) is 0.0801. The van der Waals surface area contributed by atoms with Gasteiger partial charge in [0.25, 0.3) is 5.91 Å². The van der Waals surface area contributed by atoms with E-state index in [0.717, 1.165) is 43.8 Å². The van der Waals surface area contributed by atoms with Crippen LogP contribution in [0.2, 0.25) is 0 Å². The second-order valence-electron chi connectivity index (χ2n) is 14.0. The Morgan fingerprint density at radius 1 is 0.807 bits per heavy atom. The van der Waals surface area contributed by atoms with E-state index in [-0.39, 0.29) is 55.8 Å². The number of carboxylic acids is 1. The summed E-state index contributed by atoms with van der Waals surface area (Å²) in [5, 5.41) is 21.9. The molecule has 1 unspecified atom stereocenters. The van der Waals surface area contributed by atoms with E-state index in [9.17, 15) is 29.4 Å². The number of hydrogen-bond acceptors (Lipinski definition) is 9. The van der Waals surface area contributed by atoms with E-state index in [1.807, 2.05) is 109 Å². The number of nitrogens with zero attached hydrogens (tertiary/aromatic N) is 1. The highest BCUT2D eigenvalue weighted by Crippen LogP contribution is 2.43. The Kier molecular flexibility index (Phi) is 12.4. The molecule has 0 aliphatic carbocycles. The monoisotopic (exact) mass is 786 g/mol. The number of likely N-dealkylation sites (tertiary alicyclic amines) is 1. The van der Waals surface area contributed by atoms with Gasteiger partial charge in [-0.3, -0.25) is 14.5 Å². The number of rotatable bonds is 13. The Balaban J connectivity index is 1.03. The maximum absolute atomic E-state index is 13.2. The largest absolute Gasteiger partial charge is 0.478 e. The third-order valence-corrected chi connectivity index (χ3v) is 11.3. The van der Waals surface area contributed by atoms with E-state index in [4.69, 9.17) is 14.2 Å². The molecule has 0 saturated carbocycles. The van der Waals surface area contributed by atoms with Crippen molar-refractivity contribution in [2.24, 2.45) is 5.92 Å². The van der Waals surface area contributed by atoms with Gasteiger partial charge < -0.3 is 29.7 Å². The van der Waals surface area contributed by atoms with Gasteiger partial charge >= 0.3 is 12.1 Å². The maximum atomic E-state index is 13.2. The van der Waals surface area contributed by atoms with Crippen molar-refractivity contribution >= 4 is 35.6 Å². The zero-order chi connectivity index (χ0) is 39.9. The van der Waals surface area contributed by atoms with Crippen molar-refractivity contribution in [3.8, 4) is 11.1 Å². The zero-order valence-electron chi connectivity index (χ0n) is 31.2. The molecule has 7 rings (SSSR count). The molecule has 0 spiro atoms. The molecule has 5 aromatic rings. The van der Waals surface area contributed by atoms with Crippen LogP contribution < -0.4 is 5.32 Å². The van der Waals surface area contributed by atoms with Gasteiger partial charge in [-0.05, 0) is 51.6 Å². The highest BCUT2D eigenvalue weighted by molar-refractivity contribution is 7.99. The van der Waals surface area contributed by atoms with E-state index in [1.54, 1.807) is 18.2 Å². The van der Waals surface area contributed by atoms with Crippen LogP contribution in [0.15, 0.2) is 132 Å². The lowest BCUT2D eigenvalue weighted by Gasteiger charge is -2.41. The third kappa shape index (κ3) is 9.44. The molecule has 2 aliphatic rings. The molecule has 2 aliphatic heterocycles. The number of amides is 3. The Bertz CT molecular complexity index is 2210. The first-order valence-electron chi connectivity index (χ1n) is 18.6. The number of carboxylic acid groups (broad SMARTS) is 1. The van der Waals surface area contributed by atoms with Gasteiger partial charge in [0.1, 0.15) is 12.6 Å². The normalized spacial score (nSPS) is 20.7. The summed E-state index contributed by atoms with van der Waals surface area (Å²) in [5.74, 6) is -1.43. The van der Waals surface area contributed by atoms with Crippen LogP contribution >= 0.6 is 11.8 Å². The first-order valence-corrected chi connectivity index (χ1v) is 19.6. The molecule has 0 radical (unpaired) electrons. The molecule has 5 atom stereocenters. The number of imide groups is 1. The second-order valence-corrected chi connectivity index (χ2v) is 15.1. The van der Waals surface area contributed by atoms with Crippen LogP contribution in [0.1, 0.15) is 63.9 Å². The van der Waals surface area contributed by atoms with Crippen LogP contribution in [0.5, 0.6) is 0 Å². The lowest BCUT2D eigenvalue weighted by atomic mass is 9.91. The summed E-state index contributed by atoms with van der Waals surface area (Å²) in [6.07, 6.45) is -2.25. The van der Waals surface area contributed by atoms with E-state index in [2.05, 4.69) is 12.2 Å². The van der Waals surface area contributed by atoms with Gasteiger partial charge in [-0.2, -0.15) is 0 Å². The average molecular weight is 787 g/mol. The first-order chi connectivity index (χ1) is 27.7. The Hall–Kier alpha value is -5.79. The van der Waals surface area contributed by atoms with Crippen molar-refractivity contribution in [1.82, 2.24) is 10.2 Å². The summed E-state index contributed by atoms with van der Waals surface area (Å²) in [7, 11) is 0. The fourth-order valence-electron chi connectivity index (χ4n) is 6.98. The first kappa shape index (κ1) is 39.4. The predicted octanol–water partition coefficient (Wildman–Crippen LogP) is 7.68. The molecule has 2 heterocycles. The molecule has 57 heavy (non-hydrogen) atoms. The van der Waals surface area contributed by atoms with E-state index in [1.165, 1.54) is 11.8 Å².